The summed E-state index contributed by atoms with van der Waals surface area (Å²) in [6.45, 7) is 0. The summed E-state index contributed by atoms with van der Waals surface area (Å²) in [5.74, 6) is 0.587. The largest absolute Gasteiger partial charge is 0.438 e. The molecule has 1 atom stereocenters. The third-order valence-corrected chi connectivity index (χ3v) is 3.18. The minimum atomic E-state index is -0.358. The van der Waals surface area contributed by atoms with Crippen molar-refractivity contribution < 1.29 is 9.21 Å². The van der Waals surface area contributed by atoms with Crippen LogP contribution in [0.25, 0.3) is 0 Å². The van der Waals surface area contributed by atoms with Gasteiger partial charge >= 0.3 is 0 Å². The second kappa shape index (κ2) is 5.62. The molecule has 2 heterocycles. The molecule has 0 saturated heterocycles. The number of carbonyl (C=O) groups is 1. The Hall–Kier alpha value is -2.89. The lowest BCUT2D eigenvalue weighted by Crippen LogP contribution is -2.30. The highest BCUT2D eigenvalue weighted by molar-refractivity contribution is 5.91. The van der Waals surface area contributed by atoms with Gasteiger partial charge in [0.05, 0.1) is 6.20 Å². The van der Waals surface area contributed by atoms with Gasteiger partial charge in [-0.2, -0.15) is 0 Å². The number of nitrogens with one attached hydrogen (secondary N) is 1. The molecule has 2 aromatic heterocycles. The van der Waals surface area contributed by atoms with Crippen molar-refractivity contribution >= 4 is 5.91 Å². The molecule has 6 nitrogen and oxygen atoms in total. The summed E-state index contributed by atoms with van der Waals surface area (Å²) in [6.07, 6.45) is 6.15. The van der Waals surface area contributed by atoms with Gasteiger partial charge in [0, 0.05) is 19.4 Å². The number of oxazole rings is 1. The van der Waals surface area contributed by atoms with Crippen LogP contribution in [0.4, 0.5) is 0 Å². The molecule has 0 unspecified atom stereocenters. The first-order valence-corrected chi connectivity index (χ1v) is 6.47. The fraction of sp³-hybridized carbons (Fsp3) is 0.133. The number of aryl methyl sites for hydroxylation is 1. The van der Waals surface area contributed by atoms with Crippen molar-refractivity contribution in [3.8, 4) is 0 Å². The molecule has 0 bridgehead atoms. The first-order chi connectivity index (χ1) is 10.3. The van der Waals surface area contributed by atoms with E-state index in [2.05, 4.69) is 15.3 Å². The van der Waals surface area contributed by atoms with Crippen LogP contribution >= 0.6 is 0 Å². The number of amides is 1. The molecule has 1 N–H and O–H groups in total. The predicted octanol–water partition coefficient (Wildman–Crippen LogP) is 1.93. The third-order valence-electron chi connectivity index (χ3n) is 3.18. The summed E-state index contributed by atoms with van der Waals surface area (Å²) in [6, 6.07) is 9.30. The second-order valence-electron chi connectivity index (χ2n) is 4.58. The quantitative estimate of drug-likeness (QED) is 0.793. The molecular formula is C15H14N4O2. The Bertz CT molecular complexity index is 719. The molecule has 0 saturated carbocycles. The zero-order chi connectivity index (χ0) is 14.7. The molecule has 1 amide bonds. The summed E-state index contributed by atoms with van der Waals surface area (Å²) < 4.78 is 6.90. The predicted molar refractivity (Wildman–Crippen MR) is 75.5 cm³/mol. The Morgan fingerprint density at radius 3 is 2.76 bits per heavy atom. The van der Waals surface area contributed by atoms with Crippen molar-refractivity contribution in [2.45, 2.75) is 6.04 Å². The highest BCUT2D eigenvalue weighted by atomic mass is 16.3. The van der Waals surface area contributed by atoms with Gasteiger partial charge in [0.15, 0.2) is 6.39 Å². The molecule has 0 aliphatic rings. The average molecular weight is 282 g/mol. The van der Waals surface area contributed by atoms with Crippen LogP contribution < -0.4 is 5.32 Å². The summed E-state index contributed by atoms with van der Waals surface area (Å²) in [5.41, 5.74) is 0.944. The van der Waals surface area contributed by atoms with Crippen LogP contribution in [0.15, 0.2) is 59.7 Å². The summed E-state index contributed by atoms with van der Waals surface area (Å²) >= 11 is 0. The van der Waals surface area contributed by atoms with Crippen molar-refractivity contribution in [3.63, 3.8) is 0 Å². The number of hydrogen-bond acceptors (Lipinski definition) is 4. The van der Waals surface area contributed by atoms with Gasteiger partial charge in [-0.15, -0.1) is 0 Å². The summed E-state index contributed by atoms with van der Waals surface area (Å²) in [4.78, 5) is 20.3. The minimum Gasteiger partial charge on any atom is -0.438 e. The molecule has 3 rings (SSSR count). The number of imidazole rings is 1. The highest BCUT2D eigenvalue weighted by Gasteiger charge is 2.22. The lowest BCUT2D eigenvalue weighted by atomic mass is 10.1. The third kappa shape index (κ3) is 2.69. The van der Waals surface area contributed by atoms with E-state index in [4.69, 9.17) is 4.42 Å². The van der Waals surface area contributed by atoms with Crippen LogP contribution in [0.3, 0.4) is 0 Å². The van der Waals surface area contributed by atoms with Crippen molar-refractivity contribution in [1.29, 1.82) is 0 Å². The van der Waals surface area contributed by atoms with E-state index in [9.17, 15) is 4.79 Å². The fourth-order valence-corrected chi connectivity index (χ4v) is 2.13. The van der Waals surface area contributed by atoms with Gasteiger partial charge in [-0.3, -0.25) is 4.79 Å². The van der Waals surface area contributed by atoms with E-state index in [-0.39, 0.29) is 17.7 Å². The van der Waals surface area contributed by atoms with Crippen LogP contribution in [0.1, 0.15) is 28.0 Å². The van der Waals surface area contributed by atoms with E-state index < -0.39 is 0 Å². The van der Waals surface area contributed by atoms with Gasteiger partial charge in [0.1, 0.15) is 11.9 Å². The molecule has 0 aliphatic carbocycles. The normalized spacial score (nSPS) is 12.0. The van der Waals surface area contributed by atoms with Crippen molar-refractivity contribution in [2.75, 3.05) is 0 Å². The monoisotopic (exact) mass is 282 g/mol. The lowest BCUT2D eigenvalue weighted by Gasteiger charge is -2.18. The number of rotatable bonds is 4. The molecule has 0 aliphatic heterocycles. The van der Waals surface area contributed by atoms with E-state index in [1.807, 2.05) is 48.1 Å². The summed E-state index contributed by atoms with van der Waals surface area (Å²) in [7, 11) is 1.89. The van der Waals surface area contributed by atoms with Crippen LogP contribution in [-0.4, -0.2) is 20.4 Å². The number of nitrogens with zero attached hydrogens (tertiary/aromatic N) is 3. The Labute approximate surface area is 121 Å². The molecule has 106 valence electrons. The number of carbonyl (C=O) groups excluding carboxylic acids is 1. The molecule has 0 spiro atoms. The van der Waals surface area contributed by atoms with Gasteiger partial charge in [-0.25, -0.2) is 9.97 Å². The van der Waals surface area contributed by atoms with E-state index >= 15 is 0 Å². The zero-order valence-corrected chi connectivity index (χ0v) is 11.4. The maximum Gasteiger partial charge on any atom is 0.289 e. The van der Waals surface area contributed by atoms with Gasteiger partial charge in [0.2, 0.25) is 5.76 Å². The number of benzene rings is 1. The Balaban J connectivity index is 1.94. The van der Waals surface area contributed by atoms with Crippen molar-refractivity contribution in [2.24, 2.45) is 7.05 Å². The Morgan fingerprint density at radius 1 is 1.33 bits per heavy atom. The van der Waals surface area contributed by atoms with E-state index in [0.717, 1.165) is 11.4 Å². The fourth-order valence-electron chi connectivity index (χ4n) is 2.13. The topological polar surface area (TPSA) is 73.0 Å². The second-order valence-corrected chi connectivity index (χ2v) is 4.58. The molecule has 21 heavy (non-hydrogen) atoms. The molecule has 1 aromatic carbocycles. The number of hydrogen-bond donors (Lipinski definition) is 1. The van der Waals surface area contributed by atoms with Gasteiger partial charge in [0.25, 0.3) is 5.91 Å². The smallest absolute Gasteiger partial charge is 0.289 e. The lowest BCUT2D eigenvalue weighted by molar-refractivity contribution is 0.0913. The van der Waals surface area contributed by atoms with Crippen molar-refractivity contribution in [3.05, 3.63) is 72.5 Å². The molecule has 0 radical (unpaired) electrons. The number of aromatic nitrogens is 3. The van der Waals surface area contributed by atoms with Crippen LogP contribution in [-0.2, 0) is 7.05 Å². The maximum atomic E-state index is 12.2. The highest BCUT2D eigenvalue weighted by Crippen LogP contribution is 2.20. The average Bonchev–Trinajstić information content (AvgIpc) is 3.17. The Kier molecular flexibility index (Phi) is 3.51. The van der Waals surface area contributed by atoms with E-state index in [1.165, 1.54) is 12.6 Å². The van der Waals surface area contributed by atoms with Crippen LogP contribution in [0, 0.1) is 0 Å². The maximum absolute atomic E-state index is 12.2. The molecule has 0 fully saturated rings. The molecule has 3 aromatic rings. The van der Waals surface area contributed by atoms with Crippen molar-refractivity contribution in [1.82, 2.24) is 19.9 Å². The SMILES string of the molecule is Cn1ccnc1[C@H](NC(=O)c1cnco1)c1ccccc1. The standard InChI is InChI=1S/C15H14N4O2/c1-19-8-7-17-14(19)13(11-5-3-2-4-6-11)18-15(20)12-9-16-10-21-12/h2-10,13H,1H3,(H,18,20)/t13-/m1/s1. The van der Waals surface area contributed by atoms with Gasteiger partial charge < -0.3 is 14.3 Å². The van der Waals surface area contributed by atoms with Crippen LogP contribution in [0.5, 0.6) is 0 Å². The minimum absolute atomic E-state index is 0.171. The van der Waals surface area contributed by atoms with Gasteiger partial charge in [-0.1, -0.05) is 30.3 Å². The zero-order valence-electron chi connectivity index (χ0n) is 11.4. The molecular weight excluding hydrogens is 268 g/mol. The molecule has 6 heteroatoms. The van der Waals surface area contributed by atoms with Crippen LogP contribution in [0.2, 0.25) is 0 Å². The summed E-state index contributed by atoms with van der Waals surface area (Å²) in [5, 5.41) is 2.92. The first-order valence-electron chi connectivity index (χ1n) is 6.47. The first kappa shape index (κ1) is 13.1. The Morgan fingerprint density at radius 2 is 2.14 bits per heavy atom. The van der Waals surface area contributed by atoms with E-state index in [1.54, 1.807) is 6.20 Å². The van der Waals surface area contributed by atoms with E-state index in [0.29, 0.717) is 0 Å². The van der Waals surface area contributed by atoms with Gasteiger partial charge in [-0.05, 0) is 5.56 Å².